The molecule has 0 spiro atoms. The Hall–Kier alpha value is -1.75. The highest BCUT2D eigenvalue weighted by Gasteiger charge is 2.39. The first-order valence-electron chi connectivity index (χ1n) is 6.36. The van der Waals surface area contributed by atoms with Crippen LogP contribution in [0.5, 0.6) is 11.5 Å². The molecule has 0 bridgehead atoms. The quantitative estimate of drug-likeness (QED) is 0.864. The number of para-hydroxylation sites is 2. The third-order valence-corrected chi connectivity index (χ3v) is 2.92. The van der Waals surface area contributed by atoms with Crippen LogP contribution >= 0.6 is 0 Å². The normalized spacial score (nSPS) is 16.7. The Labute approximate surface area is 112 Å². The summed E-state index contributed by atoms with van der Waals surface area (Å²) in [7, 11) is 0. The van der Waals surface area contributed by atoms with Gasteiger partial charge in [-0.15, -0.1) is 0 Å². The van der Waals surface area contributed by atoms with E-state index in [1.165, 1.54) is 0 Å². The molecule has 0 radical (unpaired) electrons. The van der Waals surface area contributed by atoms with Crippen LogP contribution in [0.3, 0.4) is 0 Å². The number of hydrogen-bond acceptors (Lipinski definition) is 4. The van der Waals surface area contributed by atoms with E-state index in [0.717, 1.165) is 0 Å². The molecule has 1 fully saturated rings. The lowest BCUT2D eigenvalue weighted by Crippen LogP contribution is -2.62. The van der Waals surface area contributed by atoms with Crippen molar-refractivity contribution in [2.75, 3.05) is 26.3 Å². The smallest absolute Gasteiger partial charge is 0.260 e. The third kappa shape index (κ3) is 3.38. The summed E-state index contributed by atoms with van der Waals surface area (Å²) < 4.78 is 10.9. The zero-order valence-electron chi connectivity index (χ0n) is 11.3. The van der Waals surface area contributed by atoms with Crippen LogP contribution in [0.25, 0.3) is 0 Å². The number of ether oxygens (including phenoxy) is 2. The molecule has 1 aromatic carbocycles. The molecule has 0 aliphatic carbocycles. The second-order valence-electron chi connectivity index (χ2n) is 4.92. The molecular weight excluding hydrogens is 246 g/mol. The van der Waals surface area contributed by atoms with E-state index in [1.807, 2.05) is 19.1 Å². The maximum absolute atomic E-state index is 11.8. The number of carbonyl (C=O) groups is 1. The van der Waals surface area contributed by atoms with Crippen molar-refractivity contribution in [2.24, 2.45) is 0 Å². The molecule has 1 saturated heterocycles. The average molecular weight is 265 g/mol. The number of aliphatic hydroxyl groups is 1. The van der Waals surface area contributed by atoms with Crippen LogP contribution in [0.2, 0.25) is 0 Å². The number of carbonyl (C=O) groups excluding carboxylic acids is 1. The summed E-state index contributed by atoms with van der Waals surface area (Å²) >= 11 is 0. The molecule has 0 atom stereocenters. The SMILES string of the molecule is CCOc1ccccc1OCC(=O)N1CC(C)(O)C1. The average Bonchev–Trinajstić information content (AvgIpc) is 2.35. The minimum Gasteiger partial charge on any atom is -0.490 e. The summed E-state index contributed by atoms with van der Waals surface area (Å²) in [5, 5.41) is 9.58. The van der Waals surface area contributed by atoms with Gasteiger partial charge in [-0.1, -0.05) is 12.1 Å². The predicted octanol–water partition coefficient (Wildman–Crippen LogP) is 1.06. The Kier molecular flexibility index (Phi) is 3.95. The summed E-state index contributed by atoms with van der Waals surface area (Å²) in [6, 6.07) is 7.26. The number of benzene rings is 1. The maximum atomic E-state index is 11.8. The first-order valence-corrected chi connectivity index (χ1v) is 6.36. The molecule has 1 aromatic rings. The maximum Gasteiger partial charge on any atom is 0.260 e. The standard InChI is InChI=1S/C14H19NO4/c1-3-18-11-6-4-5-7-12(11)19-8-13(16)15-9-14(2,17)10-15/h4-7,17H,3,8-10H2,1-2H3. The van der Waals surface area contributed by atoms with Crippen LogP contribution in [0.1, 0.15) is 13.8 Å². The Balaban J connectivity index is 1.87. The number of nitrogens with zero attached hydrogens (tertiary/aromatic N) is 1. The highest BCUT2D eigenvalue weighted by molar-refractivity contribution is 5.79. The molecule has 1 heterocycles. The third-order valence-electron chi connectivity index (χ3n) is 2.92. The molecule has 1 aliphatic heterocycles. The van der Waals surface area contributed by atoms with Crippen molar-refractivity contribution in [3.8, 4) is 11.5 Å². The Bertz CT molecular complexity index is 451. The summed E-state index contributed by atoms with van der Waals surface area (Å²) in [5.74, 6) is 1.07. The van der Waals surface area contributed by atoms with Crippen molar-refractivity contribution in [3.05, 3.63) is 24.3 Å². The molecule has 0 unspecified atom stereocenters. The van der Waals surface area contributed by atoms with Gasteiger partial charge in [0.05, 0.1) is 25.3 Å². The molecule has 19 heavy (non-hydrogen) atoms. The topological polar surface area (TPSA) is 59.0 Å². The van der Waals surface area contributed by atoms with Gasteiger partial charge in [-0.3, -0.25) is 4.79 Å². The second-order valence-corrected chi connectivity index (χ2v) is 4.92. The monoisotopic (exact) mass is 265 g/mol. The van der Waals surface area contributed by atoms with Crippen molar-refractivity contribution < 1.29 is 19.4 Å². The Morgan fingerprint density at radius 3 is 2.42 bits per heavy atom. The van der Waals surface area contributed by atoms with Crippen molar-refractivity contribution in [3.63, 3.8) is 0 Å². The van der Waals surface area contributed by atoms with Gasteiger partial charge in [0.2, 0.25) is 0 Å². The number of rotatable bonds is 5. The van der Waals surface area contributed by atoms with Crippen LogP contribution in [0.15, 0.2) is 24.3 Å². The summed E-state index contributed by atoms with van der Waals surface area (Å²) in [6.07, 6.45) is 0. The summed E-state index contributed by atoms with van der Waals surface area (Å²) in [6.45, 7) is 4.83. The molecule has 5 heteroatoms. The van der Waals surface area contributed by atoms with Gasteiger partial charge in [-0.25, -0.2) is 0 Å². The highest BCUT2D eigenvalue weighted by Crippen LogP contribution is 2.26. The van der Waals surface area contributed by atoms with Gasteiger partial charge in [-0.2, -0.15) is 0 Å². The molecule has 1 amide bonds. The van der Waals surface area contributed by atoms with Crippen molar-refractivity contribution >= 4 is 5.91 Å². The van der Waals surface area contributed by atoms with Crippen LogP contribution in [-0.2, 0) is 4.79 Å². The fraction of sp³-hybridized carbons (Fsp3) is 0.500. The zero-order valence-corrected chi connectivity index (χ0v) is 11.3. The predicted molar refractivity (Wildman–Crippen MR) is 70.3 cm³/mol. The van der Waals surface area contributed by atoms with E-state index in [2.05, 4.69) is 0 Å². The van der Waals surface area contributed by atoms with Crippen LogP contribution in [-0.4, -0.2) is 47.8 Å². The molecular formula is C14H19NO4. The molecule has 5 nitrogen and oxygen atoms in total. The van der Waals surface area contributed by atoms with Crippen LogP contribution < -0.4 is 9.47 Å². The fourth-order valence-corrected chi connectivity index (χ4v) is 2.03. The lowest BCUT2D eigenvalue weighted by atomic mass is 9.97. The van der Waals surface area contributed by atoms with Gasteiger partial charge in [0, 0.05) is 0 Å². The van der Waals surface area contributed by atoms with E-state index in [-0.39, 0.29) is 12.5 Å². The Morgan fingerprint density at radius 1 is 1.32 bits per heavy atom. The molecule has 2 rings (SSSR count). The van der Waals surface area contributed by atoms with E-state index in [9.17, 15) is 9.90 Å². The molecule has 0 saturated carbocycles. The lowest BCUT2D eigenvalue weighted by molar-refractivity contribution is -0.154. The summed E-state index contributed by atoms with van der Waals surface area (Å²) in [4.78, 5) is 13.4. The molecule has 1 N–H and O–H groups in total. The number of hydrogen-bond donors (Lipinski definition) is 1. The largest absolute Gasteiger partial charge is 0.490 e. The first-order chi connectivity index (χ1) is 9.02. The van der Waals surface area contributed by atoms with Crippen LogP contribution in [0, 0.1) is 0 Å². The highest BCUT2D eigenvalue weighted by atomic mass is 16.5. The molecule has 104 valence electrons. The number of β-amino-alcohol motifs (C(OH)–C–C–N with tert-alkyl or cyclic N) is 1. The molecule has 1 aliphatic rings. The van der Waals surface area contributed by atoms with Crippen molar-refractivity contribution in [2.45, 2.75) is 19.4 Å². The summed E-state index contributed by atoms with van der Waals surface area (Å²) in [5.41, 5.74) is -0.751. The van der Waals surface area contributed by atoms with E-state index in [4.69, 9.17) is 9.47 Å². The minimum atomic E-state index is -0.751. The number of amides is 1. The minimum absolute atomic E-state index is 0.0415. The van der Waals surface area contributed by atoms with Gasteiger partial charge < -0.3 is 19.5 Å². The van der Waals surface area contributed by atoms with Gasteiger partial charge in [-0.05, 0) is 26.0 Å². The van der Waals surface area contributed by atoms with Gasteiger partial charge in [0.25, 0.3) is 5.91 Å². The van der Waals surface area contributed by atoms with E-state index >= 15 is 0 Å². The van der Waals surface area contributed by atoms with E-state index in [0.29, 0.717) is 31.2 Å². The number of likely N-dealkylation sites (tertiary alicyclic amines) is 1. The Morgan fingerprint density at radius 2 is 1.89 bits per heavy atom. The van der Waals surface area contributed by atoms with E-state index in [1.54, 1.807) is 24.0 Å². The van der Waals surface area contributed by atoms with Gasteiger partial charge >= 0.3 is 0 Å². The zero-order chi connectivity index (χ0) is 13.9. The van der Waals surface area contributed by atoms with Crippen molar-refractivity contribution in [1.29, 1.82) is 0 Å². The lowest BCUT2D eigenvalue weighted by Gasteiger charge is -2.44. The fourth-order valence-electron chi connectivity index (χ4n) is 2.03. The van der Waals surface area contributed by atoms with Gasteiger partial charge in [0.1, 0.15) is 0 Å². The van der Waals surface area contributed by atoms with E-state index < -0.39 is 5.60 Å². The van der Waals surface area contributed by atoms with Crippen molar-refractivity contribution in [1.82, 2.24) is 4.90 Å². The molecule has 0 aromatic heterocycles. The van der Waals surface area contributed by atoms with Gasteiger partial charge in [0.15, 0.2) is 18.1 Å². The first kappa shape index (κ1) is 13.7. The van der Waals surface area contributed by atoms with Crippen LogP contribution in [0.4, 0.5) is 0 Å². The second kappa shape index (κ2) is 5.48.